The summed E-state index contributed by atoms with van der Waals surface area (Å²) in [7, 11) is 0. The number of hydrogen-bond donors (Lipinski definition) is 8. The Labute approximate surface area is 296 Å². The number of carbonyl (C=O) groups is 6. The van der Waals surface area contributed by atoms with E-state index in [2.05, 4.69) is 52.3 Å². The van der Waals surface area contributed by atoms with Gasteiger partial charge in [0.05, 0.1) is 6.10 Å². The molecule has 0 saturated heterocycles. The number of hydroxylamine groups is 1. The van der Waals surface area contributed by atoms with Gasteiger partial charge in [0.2, 0.25) is 29.5 Å². The Morgan fingerprint density at radius 2 is 1.26 bits per heavy atom. The Morgan fingerprint density at radius 3 is 1.80 bits per heavy atom. The summed E-state index contributed by atoms with van der Waals surface area (Å²) in [6.45, 7) is 15.8. The minimum atomic E-state index is -1.50. The van der Waals surface area contributed by atoms with Crippen molar-refractivity contribution < 1.29 is 39.1 Å². The molecule has 0 aliphatic carbocycles. The zero-order valence-corrected chi connectivity index (χ0v) is 30.7. The number of unbranched alkanes of at least 4 members (excludes halogenated alkanes) is 1. The van der Waals surface area contributed by atoms with E-state index in [4.69, 9.17) is 5.21 Å². The van der Waals surface area contributed by atoms with Crippen molar-refractivity contribution in [2.24, 2.45) is 5.92 Å². The summed E-state index contributed by atoms with van der Waals surface area (Å²) in [6.07, 6.45) is 0.349. The van der Waals surface area contributed by atoms with Crippen molar-refractivity contribution in [3.05, 3.63) is 35.9 Å². The molecule has 0 radical (unpaired) electrons. The first kappa shape index (κ1) is 43.9. The molecule has 6 atom stereocenters. The molecule has 1 rings (SSSR count). The first-order valence-corrected chi connectivity index (χ1v) is 17.4. The molecular formula is C35H59N7O8. The molecule has 8 N–H and O–H groups in total. The van der Waals surface area contributed by atoms with E-state index < -0.39 is 65.8 Å². The van der Waals surface area contributed by atoms with Gasteiger partial charge in [-0.1, -0.05) is 51.1 Å². The molecule has 0 heterocycles. The van der Waals surface area contributed by atoms with E-state index in [1.54, 1.807) is 30.3 Å². The third kappa shape index (κ3) is 16.1. The zero-order chi connectivity index (χ0) is 38.0. The molecule has 0 spiro atoms. The minimum Gasteiger partial charge on any atom is -0.391 e. The molecule has 15 heteroatoms. The summed E-state index contributed by atoms with van der Waals surface area (Å²) in [4.78, 5) is 79.9. The second kappa shape index (κ2) is 22.6. The average molecular weight is 706 g/mol. The molecule has 0 bridgehead atoms. The highest BCUT2D eigenvalue weighted by molar-refractivity contribution is 5.96. The largest absolute Gasteiger partial charge is 0.391 e. The normalized spacial score (nSPS) is 14.9. The van der Waals surface area contributed by atoms with Crippen LogP contribution in [0.25, 0.3) is 0 Å². The molecule has 1 aromatic rings. The summed E-state index contributed by atoms with van der Waals surface area (Å²) in [6, 6.07) is 3.42. The summed E-state index contributed by atoms with van der Waals surface area (Å²) >= 11 is 0. The van der Waals surface area contributed by atoms with Crippen molar-refractivity contribution in [2.75, 3.05) is 13.1 Å². The van der Waals surface area contributed by atoms with Crippen LogP contribution in [0, 0.1) is 5.92 Å². The number of nitrogens with zero attached hydrogens (tertiary/aromatic N) is 1. The topological polar surface area (TPSA) is 218 Å². The maximum absolute atomic E-state index is 13.8. The Morgan fingerprint density at radius 1 is 0.700 bits per heavy atom. The van der Waals surface area contributed by atoms with E-state index in [9.17, 15) is 33.9 Å². The maximum atomic E-state index is 13.8. The van der Waals surface area contributed by atoms with Crippen molar-refractivity contribution in [1.29, 1.82) is 0 Å². The van der Waals surface area contributed by atoms with Crippen LogP contribution in [-0.4, -0.2) is 106 Å². The first-order valence-electron chi connectivity index (χ1n) is 17.4. The van der Waals surface area contributed by atoms with E-state index in [0.29, 0.717) is 24.4 Å². The predicted octanol–water partition coefficient (Wildman–Crippen LogP) is 0.526. The second-order valence-corrected chi connectivity index (χ2v) is 13.4. The molecule has 2 unspecified atom stereocenters. The van der Waals surface area contributed by atoms with Crippen molar-refractivity contribution >= 4 is 35.4 Å². The van der Waals surface area contributed by atoms with Gasteiger partial charge >= 0.3 is 0 Å². The van der Waals surface area contributed by atoms with Gasteiger partial charge in [-0.2, -0.15) is 0 Å². The molecule has 0 aliphatic heterocycles. The molecule has 6 amide bonds. The fourth-order valence-corrected chi connectivity index (χ4v) is 5.21. The van der Waals surface area contributed by atoms with E-state index in [-0.39, 0.29) is 31.1 Å². The van der Waals surface area contributed by atoms with Gasteiger partial charge in [0.15, 0.2) is 0 Å². The summed E-state index contributed by atoms with van der Waals surface area (Å²) in [5, 5.41) is 32.2. The average Bonchev–Trinajstić information content (AvgIpc) is 3.05. The lowest BCUT2D eigenvalue weighted by atomic mass is 10.0. The summed E-state index contributed by atoms with van der Waals surface area (Å²) in [5.74, 6) is -3.92. The van der Waals surface area contributed by atoms with Crippen LogP contribution < -0.4 is 32.1 Å². The molecule has 0 fully saturated rings. The van der Waals surface area contributed by atoms with Gasteiger partial charge in [0.1, 0.15) is 30.2 Å². The first-order chi connectivity index (χ1) is 23.5. The Bertz CT molecular complexity index is 1240. The second-order valence-electron chi connectivity index (χ2n) is 13.4. The van der Waals surface area contributed by atoms with Crippen LogP contribution in [0.1, 0.15) is 86.6 Å². The molecule has 15 nitrogen and oxygen atoms in total. The third-order valence-electron chi connectivity index (χ3n) is 8.16. The van der Waals surface area contributed by atoms with Gasteiger partial charge in [-0.15, -0.1) is 0 Å². The fourth-order valence-electron chi connectivity index (χ4n) is 5.21. The lowest BCUT2D eigenvalue weighted by molar-refractivity contribution is -0.139. The van der Waals surface area contributed by atoms with Crippen LogP contribution in [0.3, 0.4) is 0 Å². The minimum absolute atomic E-state index is 0.0537. The summed E-state index contributed by atoms with van der Waals surface area (Å²) in [5.41, 5.74) is 2.14. The number of amides is 6. The smallest absolute Gasteiger partial charge is 0.268 e. The number of nitrogens with one attached hydrogen (secondary N) is 6. The Hall–Kier alpha value is -4.08. The van der Waals surface area contributed by atoms with E-state index >= 15 is 0 Å². The molecule has 50 heavy (non-hydrogen) atoms. The van der Waals surface area contributed by atoms with Crippen molar-refractivity contribution in [3.8, 4) is 0 Å². The SMILES string of the molecule is CCN(CCCC[C@H](NC(=O)C(Cc1ccccc1)NC(=O)[C@H](C)NC(=O)[C@H](C)NC(=O)CC(C)C)C(=O)NC(C(=O)NO)[C@@H](C)O)C(C)C. The standard InChI is InChI=1S/C35H59N7O8/c1-9-42(22(4)5)18-14-13-17-27(33(47)40-30(25(8)43)35(49)41-50)38-34(48)28(20-26-15-11-10-12-16-26)39-32(46)24(7)37-31(45)23(6)36-29(44)19-21(2)3/h10-12,15-16,21-25,27-28,30,43,50H,9,13-14,17-20H2,1-8H3,(H,36,44)(H,37,45)(H,38,48)(H,39,46)(H,40,47)(H,41,49)/t23-,24-,25+,27-,28?,30?/m0/s1. The third-order valence-corrected chi connectivity index (χ3v) is 8.16. The molecule has 0 aliphatic rings. The lowest BCUT2D eigenvalue weighted by Gasteiger charge is -2.27. The highest BCUT2D eigenvalue weighted by Gasteiger charge is 2.32. The van der Waals surface area contributed by atoms with Gasteiger partial charge in [-0.3, -0.25) is 34.0 Å². The number of carbonyl (C=O) groups excluding carboxylic acids is 6. The number of hydrogen-bond acceptors (Lipinski definition) is 9. The fraction of sp³-hybridized carbons (Fsp3) is 0.657. The van der Waals surface area contributed by atoms with Gasteiger partial charge in [-0.05, 0) is 78.5 Å². The summed E-state index contributed by atoms with van der Waals surface area (Å²) < 4.78 is 0. The van der Waals surface area contributed by atoms with Crippen molar-refractivity contribution in [3.63, 3.8) is 0 Å². The van der Waals surface area contributed by atoms with Crippen molar-refractivity contribution in [1.82, 2.24) is 37.0 Å². The van der Waals surface area contributed by atoms with Crippen LogP contribution in [0.4, 0.5) is 0 Å². The van der Waals surface area contributed by atoms with Gasteiger partial charge in [-0.25, -0.2) is 5.48 Å². The lowest BCUT2D eigenvalue weighted by Crippen LogP contribution is -2.60. The van der Waals surface area contributed by atoms with E-state index in [1.807, 2.05) is 13.8 Å². The highest BCUT2D eigenvalue weighted by atomic mass is 16.5. The number of aliphatic hydroxyl groups excluding tert-OH is 1. The van der Waals surface area contributed by atoms with Crippen molar-refractivity contribution in [2.45, 2.75) is 130 Å². The van der Waals surface area contributed by atoms with E-state index in [0.717, 1.165) is 13.1 Å². The highest BCUT2D eigenvalue weighted by Crippen LogP contribution is 2.10. The quantitative estimate of drug-likeness (QED) is 0.0479. The van der Waals surface area contributed by atoms with Crippen LogP contribution >= 0.6 is 0 Å². The molecule has 0 saturated carbocycles. The number of benzene rings is 1. The van der Waals surface area contributed by atoms with Crippen LogP contribution in [0.5, 0.6) is 0 Å². The van der Waals surface area contributed by atoms with Crippen LogP contribution in [0.15, 0.2) is 30.3 Å². The Balaban J connectivity index is 3.19. The number of rotatable bonds is 22. The maximum Gasteiger partial charge on any atom is 0.268 e. The number of aliphatic hydroxyl groups is 1. The molecule has 282 valence electrons. The monoisotopic (exact) mass is 705 g/mol. The van der Waals surface area contributed by atoms with Crippen LogP contribution in [-0.2, 0) is 35.2 Å². The Kier molecular flexibility index (Phi) is 19.9. The zero-order valence-electron chi connectivity index (χ0n) is 30.7. The predicted molar refractivity (Wildman–Crippen MR) is 188 cm³/mol. The molecule has 1 aromatic carbocycles. The van der Waals surface area contributed by atoms with Crippen LogP contribution in [0.2, 0.25) is 0 Å². The van der Waals surface area contributed by atoms with E-state index in [1.165, 1.54) is 26.3 Å². The van der Waals surface area contributed by atoms with Gasteiger partial charge in [0.25, 0.3) is 5.91 Å². The molecule has 0 aromatic heterocycles. The van der Waals surface area contributed by atoms with Gasteiger partial charge in [0, 0.05) is 18.9 Å². The van der Waals surface area contributed by atoms with Gasteiger partial charge < -0.3 is 36.6 Å². The molecular weight excluding hydrogens is 646 g/mol.